The van der Waals surface area contributed by atoms with Gasteiger partial charge >= 0.3 is 0 Å². The molecule has 0 spiro atoms. The Labute approximate surface area is 124 Å². The van der Waals surface area contributed by atoms with Crippen molar-refractivity contribution in [1.29, 1.82) is 5.26 Å². The Bertz CT molecular complexity index is 646. The minimum Gasteiger partial charge on any atom is -0.491 e. The molecule has 5 nitrogen and oxygen atoms in total. The van der Waals surface area contributed by atoms with Gasteiger partial charge in [-0.2, -0.15) is 5.26 Å². The van der Waals surface area contributed by atoms with Crippen molar-refractivity contribution in [2.45, 2.75) is 26.8 Å². The van der Waals surface area contributed by atoms with Crippen LogP contribution in [0.15, 0.2) is 30.3 Å². The summed E-state index contributed by atoms with van der Waals surface area (Å²) in [6, 6.07) is 11.6. The first kappa shape index (κ1) is 14.8. The van der Waals surface area contributed by atoms with Crippen LogP contribution in [0.1, 0.15) is 23.9 Å². The highest BCUT2D eigenvalue weighted by Crippen LogP contribution is 2.12. The standard InChI is InChI=1S/C16H18N4O/c1-11-4-6-15(7-5-11)21-10-13(3)19-16-18-12(2)8-14(9-17)20-16/h4-8,13H,10H2,1-3H3,(H,18,19,20). The monoisotopic (exact) mass is 282 g/mol. The molecule has 21 heavy (non-hydrogen) atoms. The molecule has 0 saturated carbocycles. The number of nitrogens with one attached hydrogen (secondary N) is 1. The summed E-state index contributed by atoms with van der Waals surface area (Å²) in [6.07, 6.45) is 0. The second kappa shape index (κ2) is 6.71. The van der Waals surface area contributed by atoms with Gasteiger partial charge in [0.05, 0.1) is 6.04 Å². The average Bonchev–Trinajstić information content (AvgIpc) is 2.46. The number of hydrogen-bond acceptors (Lipinski definition) is 5. The molecule has 0 aliphatic rings. The van der Waals surface area contributed by atoms with Crippen molar-refractivity contribution in [3.8, 4) is 11.8 Å². The molecule has 108 valence electrons. The number of hydrogen-bond donors (Lipinski definition) is 1. The zero-order valence-corrected chi connectivity index (χ0v) is 12.4. The minimum absolute atomic E-state index is 0.0274. The van der Waals surface area contributed by atoms with Crippen molar-refractivity contribution in [1.82, 2.24) is 9.97 Å². The molecule has 1 aromatic heterocycles. The topological polar surface area (TPSA) is 70.8 Å². The van der Waals surface area contributed by atoms with Crippen molar-refractivity contribution < 1.29 is 4.74 Å². The van der Waals surface area contributed by atoms with Crippen molar-refractivity contribution in [3.05, 3.63) is 47.3 Å². The summed E-state index contributed by atoms with van der Waals surface area (Å²) in [5.41, 5.74) is 2.32. The zero-order chi connectivity index (χ0) is 15.2. The lowest BCUT2D eigenvalue weighted by Gasteiger charge is -2.15. The quantitative estimate of drug-likeness (QED) is 0.913. The number of rotatable bonds is 5. The summed E-state index contributed by atoms with van der Waals surface area (Å²) in [7, 11) is 0. The summed E-state index contributed by atoms with van der Waals surface area (Å²) in [5, 5.41) is 12.0. The number of ether oxygens (including phenoxy) is 1. The van der Waals surface area contributed by atoms with E-state index in [1.54, 1.807) is 6.07 Å². The molecule has 2 aromatic rings. The minimum atomic E-state index is 0.0274. The maximum Gasteiger partial charge on any atom is 0.224 e. The van der Waals surface area contributed by atoms with Crippen LogP contribution in [0.25, 0.3) is 0 Å². The average molecular weight is 282 g/mol. The zero-order valence-electron chi connectivity index (χ0n) is 12.4. The molecule has 5 heteroatoms. The fourth-order valence-corrected chi connectivity index (χ4v) is 1.81. The highest BCUT2D eigenvalue weighted by atomic mass is 16.5. The van der Waals surface area contributed by atoms with Gasteiger partial charge in [-0.1, -0.05) is 17.7 Å². The van der Waals surface area contributed by atoms with E-state index in [1.807, 2.05) is 51.1 Å². The molecule has 1 heterocycles. The van der Waals surface area contributed by atoms with E-state index >= 15 is 0 Å². The fourth-order valence-electron chi connectivity index (χ4n) is 1.81. The van der Waals surface area contributed by atoms with E-state index < -0.39 is 0 Å². The van der Waals surface area contributed by atoms with Crippen LogP contribution in [0.4, 0.5) is 5.95 Å². The maximum atomic E-state index is 8.90. The van der Waals surface area contributed by atoms with Gasteiger partial charge in [0.2, 0.25) is 5.95 Å². The van der Waals surface area contributed by atoms with E-state index in [1.165, 1.54) is 5.56 Å². The van der Waals surface area contributed by atoms with Crippen molar-refractivity contribution in [3.63, 3.8) is 0 Å². The van der Waals surface area contributed by atoms with Gasteiger partial charge in [-0.3, -0.25) is 0 Å². The smallest absolute Gasteiger partial charge is 0.224 e. The molecule has 1 atom stereocenters. The van der Waals surface area contributed by atoms with Gasteiger partial charge in [-0.25, -0.2) is 9.97 Å². The lowest BCUT2D eigenvalue weighted by Crippen LogP contribution is -2.25. The third-order valence-electron chi connectivity index (χ3n) is 2.87. The molecule has 0 aliphatic carbocycles. The fraction of sp³-hybridized carbons (Fsp3) is 0.312. The Morgan fingerprint density at radius 3 is 2.62 bits per heavy atom. The van der Waals surface area contributed by atoms with Crippen LogP contribution < -0.4 is 10.1 Å². The van der Waals surface area contributed by atoms with Crippen LogP contribution in [0, 0.1) is 25.2 Å². The molecular formula is C16H18N4O. The third-order valence-corrected chi connectivity index (χ3v) is 2.87. The SMILES string of the molecule is Cc1ccc(OCC(C)Nc2nc(C)cc(C#N)n2)cc1. The lowest BCUT2D eigenvalue weighted by atomic mass is 10.2. The van der Waals surface area contributed by atoms with Gasteiger partial charge in [-0.15, -0.1) is 0 Å². The Morgan fingerprint density at radius 1 is 1.24 bits per heavy atom. The predicted molar refractivity (Wildman–Crippen MR) is 81.2 cm³/mol. The highest BCUT2D eigenvalue weighted by Gasteiger charge is 2.07. The van der Waals surface area contributed by atoms with E-state index in [-0.39, 0.29) is 6.04 Å². The van der Waals surface area contributed by atoms with Gasteiger partial charge in [-0.05, 0) is 39.0 Å². The predicted octanol–water partition coefficient (Wildman–Crippen LogP) is 2.84. The summed E-state index contributed by atoms with van der Waals surface area (Å²) < 4.78 is 5.70. The molecule has 0 fully saturated rings. The number of aromatic nitrogens is 2. The molecule has 1 aromatic carbocycles. The highest BCUT2D eigenvalue weighted by molar-refractivity contribution is 5.34. The molecule has 0 amide bonds. The second-order valence-corrected chi connectivity index (χ2v) is 5.00. The lowest BCUT2D eigenvalue weighted by molar-refractivity contribution is 0.303. The molecular weight excluding hydrogens is 264 g/mol. The third kappa shape index (κ3) is 4.46. The Kier molecular flexibility index (Phi) is 4.72. The molecule has 0 saturated heterocycles. The van der Waals surface area contributed by atoms with E-state index in [0.29, 0.717) is 18.2 Å². The first-order chi connectivity index (χ1) is 10.1. The second-order valence-electron chi connectivity index (χ2n) is 5.00. The van der Waals surface area contributed by atoms with Gasteiger partial charge in [0.15, 0.2) is 0 Å². The van der Waals surface area contributed by atoms with Gasteiger partial charge in [0, 0.05) is 5.69 Å². The Hall–Kier alpha value is -2.61. The van der Waals surface area contributed by atoms with Gasteiger partial charge in [0.1, 0.15) is 24.1 Å². The van der Waals surface area contributed by atoms with Crippen LogP contribution in [-0.4, -0.2) is 22.6 Å². The number of benzene rings is 1. The number of anilines is 1. The summed E-state index contributed by atoms with van der Waals surface area (Å²) >= 11 is 0. The number of aryl methyl sites for hydroxylation is 2. The van der Waals surface area contributed by atoms with E-state index in [0.717, 1.165) is 11.4 Å². The molecule has 0 bridgehead atoms. The van der Waals surface area contributed by atoms with Crippen LogP contribution in [0.5, 0.6) is 5.75 Å². The van der Waals surface area contributed by atoms with E-state index in [9.17, 15) is 0 Å². The van der Waals surface area contributed by atoms with Gasteiger partial charge < -0.3 is 10.1 Å². The Balaban J connectivity index is 1.92. The first-order valence-electron chi connectivity index (χ1n) is 6.78. The van der Waals surface area contributed by atoms with Crippen LogP contribution in [-0.2, 0) is 0 Å². The molecule has 2 rings (SSSR count). The van der Waals surface area contributed by atoms with Crippen LogP contribution in [0.3, 0.4) is 0 Å². The molecule has 0 aliphatic heterocycles. The molecule has 1 unspecified atom stereocenters. The van der Waals surface area contributed by atoms with Crippen molar-refractivity contribution in [2.24, 2.45) is 0 Å². The molecule has 1 N–H and O–H groups in total. The molecule has 0 radical (unpaired) electrons. The largest absolute Gasteiger partial charge is 0.491 e. The first-order valence-corrected chi connectivity index (χ1v) is 6.78. The number of nitrogens with zero attached hydrogens (tertiary/aromatic N) is 3. The maximum absolute atomic E-state index is 8.90. The van der Waals surface area contributed by atoms with Gasteiger partial charge in [0.25, 0.3) is 0 Å². The van der Waals surface area contributed by atoms with Crippen LogP contribution in [0.2, 0.25) is 0 Å². The summed E-state index contributed by atoms with van der Waals surface area (Å²) in [4.78, 5) is 8.38. The number of nitriles is 1. The van der Waals surface area contributed by atoms with Crippen LogP contribution >= 0.6 is 0 Å². The van der Waals surface area contributed by atoms with Crippen molar-refractivity contribution >= 4 is 5.95 Å². The van der Waals surface area contributed by atoms with E-state index in [4.69, 9.17) is 10.00 Å². The summed E-state index contributed by atoms with van der Waals surface area (Å²) in [5.74, 6) is 1.28. The summed E-state index contributed by atoms with van der Waals surface area (Å²) in [6.45, 7) is 6.34. The Morgan fingerprint density at radius 2 is 1.95 bits per heavy atom. The van der Waals surface area contributed by atoms with E-state index in [2.05, 4.69) is 15.3 Å². The van der Waals surface area contributed by atoms with Crippen molar-refractivity contribution in [2.75, 3.05) is 11.9 Å². The normalized spacial score (nSPS) is 11.5.